The lowest BCUT2D eigenvalue weighted by molar-refractivity contribution is 0.351. The molecule has 1 aromatic carbocycles. The van der Waals surface area contributed by atoms with Crippen molar-refractivity contribution in [1.29, 1.82) is 5.26 Å². The van der Waals surface area contributed by atoms with Crippen molar-refractivity contribution < 1.29 is 9.47 Å². The SMILES string of the molecule is COc1cc(C(C#N)N(C)C)cc(OC)c1C. The van der Waals surface area contributed by atoms with Gasteiger partial charge in [-0.1, -0.05) is 0 Å². The Kier molecular flexibility index (Phi) is 4.36. The molecule has 4 nitrogen and oxygen atoms in total. The first-order chi connectivity index (χ1) is 8.04. The molecule has 0 aromatic heterocycles. The smallest absolute Gasteiger partial charge is 0.125 e. The lowest BCUT2D eigenvalue weighted by atomic mass is 10.0. The van der Waals surface area contributed by atoms with Crippen molar-refractivity contribution in [2.24, 2.45) is 0 Å². The quantitative estimate of drug-likeness (QED) is 0.800. The molecule has 0 aliphatic rings. The fourth-order valence-corrected chi connectivity index (χ4v) is 1.75. The number of hydrogen-bond donors (Lipinski definition) is 0. The third-order valence-corrected chi connectivity index (χ3v) is 2.73. The summed E-state index contributed by atoms with van der Waals surface area (Å²) >= 11 is 0. The summed E-state index contributed by atoms with van der Waals surface area (Å²) in [6.45, 7) is 1.93. The van der Waals surface area contributed by atoms with Gasteiger partial charge in [0.1, 0.15) is 17.5 Å². The second kappa shape index (κ2) is 5.55. The third-order valence-electron chi connectivity index (χ3n) is 2.73. The second-order valence-electron chi connectivity index (χ2n) is 4.05. The molecule has 0 aliphatic carbocycles. The zero-order chi connectivity index (χ0) is 13.0. The molecule has 0 spiro atoms. The van der Waals surface area contributed by atoms with E-state index in [1.165, 1.54) is 0 Å². The number of methoxy groups -OCH3 is 2. The van der Waals surface area contributed by atoms with Crippen LogP contribution in [0.1, 0.15) is 17.2 Å². The largest absolute Gasteiger partial charge is 0.496 e. The highest BCUT2D eigenvalue weighted by Crippen LogP contribution is 2.32. The van der Waals surface area contributed by atoms with Crippen molar-refractivity contribution >= 4 is 0 Å². The Morgan fingerprint density at radius 3 is 1.94 bits per heavy atom. The average molecular weight is 234 g/mol. The Hall–Kier alpha value is -1.73. The van der Waals surface area contributed by atoms with Crippen LogP contribution in [0.3, 0.4) is 0 Å². The normalized spacial score (nSPS) is 12.1. The Balaban J connectivity index is 3.31. The summed E-state index contributed by atoms with van der Waals surface area (Å²) in [5, 5.41) is 9.17. The summed E-state index contributed by atoms with van der Waals surface area (Å²) in [4.78, 5) is 1.85. The highest BCUT2D eigenvalue weighted by atomic mass is 16.5. The summed E-state index contributed by atoms with van der Waals surface area (Å²) < 4.78 is 10.6. The first kappa shape index (κ1) is 13.3. The highest BCUT2D eigenvalue weighted by molar-refractivity contribution is 5.48. The summed E-state index contributed by atoms with van der Waals surface area (Å²) in [6, 6.07) is 5.71. The number of ether oxygens (including phenoxy) is 2. The zero-order valence-electron chi connectivity index (χ0n) is 10.9. The molecule has 1 aromatic rings. The van der Waals surface area contributed by atoms with Crippen LogP contribution in [0.2, 0.25) is 0 Å². The molecular weight excluding hydrogens is 216 g/mol. The van der Waals surface area contributed by atoms with E-state index in [1.807, 2.05) is 38.1 Å². The van der Waals surface area contributed by atoms with Crippen LogP contribution in [-0.4, -0.2) is 33.2 Å². The van der Waals surface area contributed by atoms with Crippen LogP contribution >= 0.6 is 0 Å². The van der Waals surface area contributed by atoms with Gasteiger partial charge in [0, 0.05) is 5.56 Å². The van der Waals surface area contributed by atoms with Gasteiger partial charge in [-0.25, -0.2) is 0 Å². The molecular formula is C13H18N2O2. The van der Waals surface area contributed by atoms with E-state index in [9.17, 15) is 5.26 Å². The Labute approximate surface area is 102 Å². The lowest BCUT2D eigenvalue weighted by Gasteiger charge is -2.20. The van der Waals surface area contributed by atoms with Crippen LogP contribution in [0.4, 0.5) is 0 Å². The second-order valence-corrected chi connectivity index (χ2v) is 4.05. The molecule has 0 amide bonds. The van der Waals surface area contributed by atoms with Gasteiger partial charge in [-0.3, -0.25) is 4.90 Å². The number of nitrogens with zero attached hydrogens (tertiary/aromatic N) is 2. The van der Waals surface area contributed by atoms with Gasteiger partial charge in [-0.15, -0.1) is 0 Å². The molecule has 0 saturated heterocycles. The fourth-order valence-electron chi connectivity index (χ4n) is 1.75. The van der Waals surface area contributed by atoms with Crippen LogP contribution in [0, 0.1) is 18.3 Å². The minimum absolute atomic E-state index is 0.307. The van der Waals surface area contributed by atoms with Crippen molar-refractivity contribution in [1.82, 2.24) is 4.90 Å². The Morgan fingerprint density at radius 2 is 1.65 bits per heavy atom. The van der Waals surface area contributed by atoms with Gasteiger partial charge < -0.3 is 9.47 Å². The predicted molar refractivity (Wildman–Crippen MR) is 66.3 cm³/mol. The average Bonchev–Trinajstić information content (AvgIpc) is 2.31. The summed E-state index contributed by atoms with van der Waals surface area (Å²) in [5.41, 5.74) is 1.81. The van der Waals surface area contributed by atoms with Gasteiger partial charge in [-0.05, 0) is 38.7 Å². The third kappa shape index (κ3) is 2.69. The molecule has 0 bridgehead atoms. The van der Waals surface area contributed by atoms with Gasteiger partial charge in [0.2, 0.25) is 0 Å². The predicted octanol–water partition coefficient (Wildman–Crippen LogP) is 2.14. The topological polar surface area (TPSA) is 45.5 Å². The van der Waals surface area contributed by atoms with Crippen LogP contribution < -0.4 is 9.47 Å². The van der Waals surface area contributed by atoms with E-state index >= 15 is 0 Å². The number of nitriles is 1. The molecule has 0 radical (unpaired) electrons. The van der Waals surface area contributed by atoms with Crippen molar-refractivity contribution in [3.8, 4) is 17.6 Å². The molecule has 1 rings (SSSR count). The minimum Gasteiger partial charge on any atom is -0.496 e. The maximum Gasteiger partial charge on any atom is 0.125 e. The first-order valence-electron chi connectivity index (χ1n) is 5.33. The summed E-state index contributed by atoms with van der Waals surface area (Å²) in [6.07, 6.45) is 0. The number of rotatable bonds is 4. The molecule has 0 fully saturated rings. The van der Waals surface area contributed by atoms with Crippen LogP contribution in [0.5, 0.6) is 11.5 Å². The standard InChI is InChI=1S/C13H18N2O2/c1-9-12(16-4)6-10(7-13(9)17-5)11(8-14)15(2)3/h6-7,11H,1-5H3. The molecule has 0 aliphatic heterocycles. The first-order valence-corrected chi connectivity index (χ1v) is 5.33. The van der Waals surface area contributed by atoms with Gasteiger partial charge in [0.05, 0.1) is 20.3 Å². The van der Waals surface area contributed by atoms with Gasteiger partial charge in [0.25, 0.3) is 0 Å². The van der Waals surface area contributed by atoms with Crippen molar-refractivity contribution in [2.45, 2.75) is 13.0 Å². The molecule has 17 heavy (non-hydrogen) atoms. The van der Waals surface area contributed by atoms with Crippen molar-refractivity contribution in [2.75, 3.05) is 28.3 Å². The molecule has 0 saturated carbocycles. The molecule has 4 heteroatoms. The van der Waals surface area contributed by atoms with Crippen molar-refractivity contribution in [3.05, 3.63) is 23.3 Å². The maximum absolute atomic E-state index is 9.17. The summed E-state index contributed by atoms with van der Waals surface area (Å²) in [7, 11) is 6.96. The van der Waals surface area contributed by atoms with E-state index in [0.29, 0.717) is 0 Å². The van der Waals surface area contributed by atoms with Crippen molar-refractivity contribution in [3.63, 3.8) is 0 Å². The Bertz CT molecular complexity index is 411. The van der Waals surface area contributed by atoms with E-state index in [-0.39, 0.29) is 6.04 Å². The molecule has 1 unspecified atom stereocenters. The van der Waals surface area contributed by atoms with E-state index in [1.54, 1.807) is 14.2 Å². The zero-order valence-corrected chi connectivity index (χ0v) is 10.9. The van der Waals surface area contributed by atoms with E-state index < -0.39 is 0 Å². The van der Waals surface area contributed by atoms with E-state index in [4.69, 9.17) is 9.47 Å². The number of benzene rings is 1. The van der Waals surface area contributed by atoms with Gasteiger partial charge >= 0.3 is 0 Å². The van der Waals surface area contributed by atoms with Crippen LogP contribution in [0.25, 0.3) is 0 Å². The van der Waals surface area contributed by atoms with Crippen LogP contribution in [-0.2, 0) is 0 Å². The highest BCUT2D eigenvalue weighted by Gasteiger charge is 2.17. The van der Waals surface area contributed by atoms with Gasteiger partial charge in [-0.2, -0.15) is 5.26 Å². The molecule has 0 heterocycles. The summed E-state index contributed by atoms with van der Waals surface area (Å²) in [5.74, 6) is 1.47. The monoisotopic (exact) mass is 234 g/mol. The Morgan fingerprint density at radius 1 is 1.18 bits per heavy atom. The van der Waals surface area contributed by atoms with E-state index in [2.05, 4.69) is 6.07 Å². The lowest BCUT2D eigenvalue weighted by Crippen LogP contribution is -2.18. The maximum atomic E-state index is 9.17. The molecule has 0 N–H and O–H groups in total. The van der Waals surface area contributed by atoms with E-state index in [0.717, 1.165) is 22.6 Å². The van der Waals surface area contributed by atoms with Gasteiger partial charge in [0.15, 0.2) is 0 Å². The van der Waals surface area contributed by atoms with Crippen LogP contribution in [0.15, 0.2) is 12.1 Å². The minimum atomic E-state index is -0.307. The number of hydrogen-bond acceptors (Lipinski definition) is 4. The fraction of sp³-hybridized carbons (Fsp3) is 0.462. The molecule has 92 valence electrons. The molecule has 1 atom stereocenters.